The predicted octanol–water partition coefficient (Wildman–Crippen LogP) is 7.61. The van der Waals surface area contributed by atoms with Gasteiger partial charge in [-0.2, -0.15) is 0 Å². The van der Waals surface area contributed by atoms with Crippen molar-refractivity contribution in [3.63, 3.8) is 0 Å². The Labute approximate surface area is 295 Å². The van der Waals surface area contributed by atoms with Crippen molar-refractivity contribution < 1.29 is 28.2 Å². The Bertz CT molecular complexity index is 1840. The first-order valence-electron chi connectivity index (χ1n) is 16.4. The molecular formula is C38H40ClFN4O6. The van der Waals surface area contributed by atoms with Crippen LogP contribution in [-0.4, -0.2) is 30.1 Å². The number of carbonyl (C=O) groups is 2. The van der Waals surface area contributed by atoms with Gasteiger partial charge in [0.15, 0.2) is 0 Å². The average Bonchev–Trinajstić information content (AvgIpc) is 3.41. The van der Waals surface area contributed by atoms with Gasteiger partial charge in [-0.1, -0.05) is 80.0 Å². The van der Waals surface area contributed by atoms with Crippen molar-refractivity contribution in [3.05, 3.63) is 111 Å². The molecule has 12 heteroatoms. The largest absolute Gasteiger partial charge is 0.488 e. The number of amides is 1. The van der Waals surface area contributed by atoms with E-state index in [9.17, 15) is 14.5 Å². The van der Waals surface area contributed by atoms with Crippen LogP contribution in [-0.2, 0) is 34.1 Å². The third-order valence-electron chi connectivity index (χ3n) is 8.29. The third kappa shape index (κ3) is 9.16. The van der Waals surface area contributed by atoms with E-state index in [-0.39, 0.29) is 59.8 Å². The molecule has 0 saturated carbocycles. The summed E-state index contributed by atoms with van der Waals surface area (Å²) in [6, 6.07) is 21.1. The van der Waals surface area contributed by atoms with E-state index in [0.29, 0.717) is 40.8 Å². The van der Waals surface area contributed by atoms with Crippen LogP contribution in [0.5, 0.6) is 11.5 Å². The van der Waals surface area contributed by atoms with Gasteiger partial charge in [0.1, 0.15) is 48.4 Å². The lowest BCUT2D eigenvalue weighted by Crippen LogP contribution is -2.49. The van der Waals surface area contributed by atoms with Gasteiger partial charge in [0.25, 0.3) is 0 Å². The van der Waals surface area contributed by atoms with E-state index in [1.54, 1.807) is 49.4 Å². The standard InChI is InChI=1S/C38H40ClFN4O6/c1-22(2)14-32(37(45)43-33-15-23(3)50-38(33)46)42-19-27-17-29(39)35(18-34(27)48-20-24-12-13-31(44-47)30(41)16-24)49-21-26-10-7-11-28(36(26)40)25-8-5-4-6-9-25/h4-13,16-18,22-23,32-33,42H,14-15,19-21,41H2,1-3H3,(H,43,45)/t23?,32-,33?/m0/s1. The van der Waals surface area contributed by atoms with Crippen molar-refractivity contribution in [1.82, 2.24) is 10.6 Å². The summed E-state index contributed by atoms with van der Waals surface area (Å²) < 4.78 is 33.0. The molecule has 4 N–H and O–H groups in total. The highest BCUT2D eigenvalue weighted by Gasteiger charge is 2.34. The number of hydrogen-bond donors (Lipinski definition) is 3. The molecule has 0 aliphatic carbocycles. The number of benzene rings is 4. The maximum absolute atomic E-state index is 15.6. The van der Waals surface area contributed by atoms with Crippen molar-refractivity contribution in [2.75, 3.05) is 5.73 Å². The fourth-order valence-corrected chi connectivity index (χ4v) is 5.96. The van der Waals surface area contributed by atoms with Crippen molar-refractivity contribution in [1.29, 1.82) is 0 Å². The second kappa shape index (κ2) is 16.6. The van der Waals surface area contributed by atoms with Gasteiger partial charge in [0.05, 0.1) is 16.8 Å². The van der Waals surface area contributed by atoms with Crippen LogP contribution < -0.4 is 25.8 Å². The number of halogens is 2. The van der Waals surface area contributed by atoms with Crippen LogP contribution >= 0.6 is 11.6 Å². The summed E-state index contributed by atoms with van der Waals surface area (Å²) in [5.41, 5.74) is 9.15. The van der Waals surface area contributed by atoms with Gasteiger partial charge in [-0.25, -0.2) is 9.18 Å². The molecule has 1 amide bonds. The second-order valence-corrected chi connectivity index (χ2v) is 13.1. The molecule has 5 rings (SSSR count). The minimum atomic E-state index is -0.704. The molecule has 1 aliphatic rings. The lowest BCUT2D eigenvalue weighted by atomic mass is 10.0. The number of hydrogen-bond acceptors (Lipinski definition) is 9. The van der Waals surface area contributed by atoms with E-state index in [1.807, 2.05) is 44.2 Å². The van der Waals surface area contributed by atoms with Crippen LogP contribution in [0.15, 0.2) is 84.0 Å². The molecule has 4 aromatic carbocycles. The smallest absolute Gasteiger partial charge is 0.329 e. The highest BCUT2D eigenvalue weighted by atomic mass is 35.5. The first-order valence-corrected chi connectivity index (χ1v) is 16.8. The topological polar surface area (TPSA) is 141 Å². The minimum Gasteiger partial charge on any atom is -0.488 e. The Balaban J connectivity index is 1.38. The summed E-state index contributed by atoms with van der Waals surface area (Å²) in [5, 5.41) is 9.30. The SMILES string of the molecule is CC(C)C[C@H](NCc1cc(Cl)c(OCc2cccc(-c3ccccc3)c2F)cc1OCc1ccc(N=O)c(N)c1)C(=O)NC1CC(C)OC1=O. The van der Waals surface area contributed by atoms with Crippen molar-refractivity contribution in [3.8, 4) is 22.6 Å². The minimum absolute atomic E-state index is 0.0725. The summed E-state index contributed by atoms with van der Waals surface area (Å²) in [7, 11) is 0. The second-order valence-electron chi connectivity index (χ2n) is 12.7. The van der Waals surface area contributed by atoms with Gasteiger partial charge < -0.3 is 30.6 Å². The number of esters is 1. The van der Waals surface area contributed by atoms with E-state index < -0.39 is 23.9 Å². The summed E-state index contributed by atoms with van der Waals surface area (Å²) in [4.78, 5) is 36.5. The van der Waals surface area contributed by atoms with Crippen LogP contribution in [0.4, 0.5) is 15.8 Å². The summed E-state index contributed by atoms with van der Waals surface area (Å²) in [5.74, 6) is -0.340. The molecule has 3 atom stereocenters. The molecule has 1 heterocycles. The number of cyclic esters (lactones) is 1. The zero-order valence-corrected chi connectivity index (χ0v) is 28.8. The van der Waals surface area contributed by atoms with Crippen LogP contribution in [0.2, 0.25) is 5.02 Å². The molecule has 10 nitrogen and oxygen atoms in total. The van der Waals surface area contributed by atoms with Crippen molar-refractivity contribution in [2.45, 2.75) is 71.6 Å². The Kier molecular flexibility index (Phi) is 12.0. The van der Waals surface area contributed by atoms with E-state index in [4.69, 9.17) is 31.5 Å². The monoisotopic (exact) mass is 702 g/mol. The van der Waals surface area contributed by atoms with Gasteiger partial charge in [0, 0.05) is 35.7 Å². The molecule has 50 heavy (non-hydrogen) atoms. The van der Waals surface area contributed by atoms with Crippen molar-refractivity contribution >= 4 is 34.9 Å². The molecule has 2 unspecified atom stereocenters. The molecule has 262 valence electrons. The fourth-order valence-electron chi connectivity index (χ4n) is 5.72. The van der Waals surface area contributed by atoms with E-state index in [2.05, 4.69) is 15.8 Å². The third-order valence-corrected chi connectivity index (χ3v) is 8.59. The Morgan fingerprint density at radius 2 is 1.78 bits per heavy atom. The number of nitrogens with one attached hydrogen (secondary N) is 2. The fraction of sp³-hybridized carbons (Fsp3) is 0.316. The Hall–Kier alpha value is -5.00. The Morgan fingerprint density at radius 3 is 2.46 bits per heavy atom. The zero-order chi connectivity index (χ0) is 35.8. The lowest BCUT2D eigenvalue weighted by Gasteiger charge is -2.23. The van der Waals surface area contributed by atoms with Gasteiger partial charge in [-0.3, -0.25) is 4.79 Å². The number of nitroso groups, excluding NO2 is 1. The average molecular weight is 703 g/mol. The predicted molar refractivity (Wildman–Crippen MR) is 190 cm³/mol. The summed E-state index contributed by atoms with van der Waals surface area (Å²) in [6.45, 7) is 5.94. The number of rotatable bonds is 15. The van der Waals surface area contributed by atoms with Gasteiger partial charge >= 0.3 is 5.97 Å². The molecule has 0 bridgehead atoms. The molecule has 4 aromatic rings. The van der Waals surface area contributed by atoms with E-state index in [1.165, 1.54) is 6.07 Å². The highest BCUT2D eigenvalue weighted by molar-refractivity contribution is 6.32. The number of anilines is 1. The first kappa shape index (κ1) is 36.3. The molecule has 0 aromatic heterocycles. The molecule has 0 radical (unpaired) electrons. The Morgan fingerprint density at radius 1 is 1.02 bits per heavy atom. The zero-order valence-electron chi connectivity index (χ0n) is 28.1. The molecule has 1 saturated heterocycles. The maximum Gasteiger partial charge on any atom is 0.329 e. The van der Waals surface area contributed by atoms with Crippen LogP contribution in [0.1, 0.15) is 50.3 Å². The summed E-state index contributed by atoms with van der Waals surface area (Å²) in [6.07, 6.45) is 0.638. The highest BCUT2D eigenvalue weighted by Crippen LogP contribution is 2.35. The van der Waals surface area contributed by atoms with Gasteiger partial charge in [-0.15, -0.1) is 4.91 Å². The first-order chi connectivity index (χ1) is 24.0. The molecule has 1 fully saturated rings. The number of nitrogens with two attached hydrogens (primary N) is 1. The van der Waals surface area contributed by atoms with E-state index in [0.717, 1.165) is 5.56 Å². The maximum atomic E-state index is 15.6. The van der Waals surface area contributed by atoms with E-state index >= 15 is 4.39 Å². The number of nitrogen functional groups attached to an aromatic ring is 1. The van der Waals surface area contributed by atoms with Gasteiger partial charge in [0.2, 0.25) is 5.91 Å². The lowest BCUT2D eigenvalue weighted by molar-refractivity contribution is -0.144. The van der Waals surface area contributed by atoms with Crippen LogP contribution in [0.25, 0.3) is 11.1 Å². The van der Waals surface area contributed by atoms with Crippen LogP contribution in [0.3, 0.4) is 0 Å². The molecule has 1 aliphatic heterocycles. The van der Waals surface area contributed by atoms with Crippen molar-refractivity contribution in [2.24, 2.45) is 11.1 Å². The quantitative estimate of drug-likeness (QED) is 0.0653. The number of nitrogens with zero attached hydrogens (tertiary/aromatic N) is 1. The molecular weight excluding hydrogens is 663 g/mol. The molecule has 0 spiro atoms. The van der Waals surface area contributed by atoms with Gasteiger partial charge in [-0.05, 0) is 53.8 Å². The number of carbonyl (C=O) groups excluding carboxylic acids is 2. The number of ether oxygens (including phenoxy) is 3. The normalized spacial score (nSPS) is 16.2. The summed E-state index contributed by atoms with van der Waals surface area (Å²) >= 11 is 6.72. The van der Waals surface area contributed by atoms with Crippen LogP contribution in [0, 0.1) is 16.6 Å².